The highest BCUT2D eigenvalue weighted by Crippen LogP contribution is 2.35. The van der Waals surface area contributed by atoms with Gasteiger partial charge in [-0.15, -0.1) is 10.2 Å². The zero-order valence-corrected chi connectivity index (χ0v) is 10.8. The summed E-state index contributed by atoms with van der Waals surface area (Å²) in [6, 6.07) is 5.39. The third-order valence-corrected chi connectivity index (χ3v) is 3.53. The molecule has 1 saturated heterocycles. The molecule has 1 aromatic heterocycles. The van der Waals surface area contributed by atoms with Crippen molar-refractivity contribution in [1.29, 1.82) is 0 Å². The summed E-state index contributed by atoms with van der Waals surface area (Å²) in [5, 5.41) is 7.73. The second-order valence-electron chi connectivity index (χ2n) is 4.96. The van der Waals surface area contributed by atoms with E-state index in [1.165, 1.54) is 6.33 Å². The van der Waals surface area contributed by atoms with Crippen LogP contribution in [0, 0.1) is 0 Å². The van der Waals surface area contributed by atoms with Crippen molar-refractivity contribution in [1.82, 2.24) is 15.2 Å². The van der Waals surface area contributed by atoms with Gasteiger partial charge in [0.1, 0.15) is 6.33 Å². The van der Waals surface area contributed by atoms with Crippen LogP contribution in [0.5, 0.6) is 0 Å². The molecule has 5 nitrogen and oxygen atoms in total. The first-order valence-electron chi connectivity index (χ1n) is 6.44. The first-order valence-corrected chi connectivity index (χ1v) is 6.44. The predicted octanol–water partition coefficient (Wildman–Crippen LogP) is 2.29. The highest BCUT2D eigenvalue weighted by molar-refractivity contribution is 5.77. The van der Waals surface area contributed by atoms with Crippen LogP contribution in [-0.2, 0) is 0 Å². The zero-order chi connectivity index (χ0) is 14.2. The lowest BCUT2D eigenvalue weighted by molar-refractivity contribution is -0.0220. The number of aromatic amines is 1. The molecule has 0 bridgehead atoms. The number of hydrogen-bond acceptors (Lipinski definition) is 4. The summed E-state index contributed by atoms with van der Waals surface area (Å²) in [7, 11) is 0. The third kappa shape index (κ3) is 2.43. The van der Waals surface area contributed by atoms with E-state index in [0.29, 0.717) is 24.6 Å². The summed E-state index contributed by atoms with van der Waals surface area (Å²) in [4.78, 5) is 4.85. The molecule has 0 amide bonds. The van der Waals surface area contributed by atoms with E-state index < -0.39 is 5.92 Å². The third-order valence-electron chi connectivity index (χ3n) is 3.53. The van der Waals surface area contributed by atoms with E-state index in [2.05, 4.69) is 15.2 Å². The minimum absolute atomic E-state index is 0.141. The number of rotatable bonds is 2. The summed E-state index contributed by atoms with van der Waals surface area (Å²) in [5.41, 5.74) is 8.06. The van der Waals surface area contributed by atoms with Gasteiger partial charge in [0.25, 0.3) is 5.92 Å². The van der Waals surface area contributed by atoms with Crippen LogP contribution in [0.3, 0.4) is 0 Å². The SMILES string of the molecule is Nc1ccc(-c2nnc[nH]2)c(N2CCC(F)(F)CC2)c1. The topological polar surface area (TPSA) is 70.8 Å². The molecule has 0 aliphatic carbocycles. The van der Waals surface area contributed by atoms with E-state index in [4.69, 9.17) is 5.73 Å². The van der Waals surface area contributed by atoms with Crippen LogP contribution in [-0.4, -0.2) is 34.2 Å². The first kappa shape index (κ1) is 12.8. The van der Waals surface area contributed by atoms with Gasteiger partial charge in [-0.1, -0.05) is 0 Å². The lowest BCUT2D eigenvalue weighted by Gasteiger charge is -2.34. The molecule has 2 heterocycles. The first-order chi connectivity index (χ1) is 9.55. The number of anilines is 2. The van der Waals surface area contributed by atoms with Crippen molar-refractivity contribution in [2.45, 2.75) is 18.8 Å². The number of hydrogen-bond donors (Lipinski definition) is 2. The van der Waals surface area contributed by atoms with E-state index in [1.54, 1.807) is 12.1 Å². The average molecular weight is 279 g/mol. The van der Waals surface area contributed by atoms with Gasteiger partial charge in [-0.25, -0.2) is 8.78 Å². The summed E-state index contributed by atoms with van der Waals surface area (Å²) in [6.07, 6.45) is 1.20. The number of H-pyrrole nitrogens is 1. The molecule has 1 fully saturated rings. The van der Waals surface area contributed by atoms with Crippen molar-refractivity contribution >= 4 is 11.4 Å². The van der Waals surface area contributed by atoms with E-state index in [-0.39, 0.29) is 12.8 Å². The predicted molar refractivity (Wildman–Crippen MR) is 72.6 cm³/mol. The maximum Gasteiger partial charge on any atom is 0.251 e. The van der Waals surface area contributed by atoms with Crippen LogP contribution in [0.4, 0.5) is 20.2 Å². The fourth-order valence-corrected chi connectivity index (χ4v) is 2.42. The summed E-state index contributed by atoms with van der Waals surface area (Å²) in [5.74, 6) is -1.96. The quantitative estimate of drug-likeness (QED) is 0.827. The van der Waals surface area contributed by atoms with Crippen LogP contribution >= 0.6 is 0 Å². The van der Waals surface area contributed by atoms with Crippen LogP contribution < -0.4 is 10.6 Å². The van der Waals surface area contributed by atoms with Gasteiger partial charge in [0.05, 0.1) is 0 Å². The molecule has 1 aliphatic heterocycles. The summed E-state index contributed by atoms with van der Waals surface area (Å²) in [6.45, 7) is 0.606. The number of alkyl halides is 2. The van der Waals surface area contributed by atoms with Crippen molar-refractivity contribution in [2.24, 2.45) is 0 Å². The Balaban J connectivity index is 1.95. The van der Waals surface area contributed by atoms with Crippen molar-refractivity contribution in [2.75, 3.05) is 23.7 Å². The number of benzene rings is 1. The van der Waals surface area contributed by atoms with Crippen LogP contribution in [0.1, 0.15) is 12.8 Å². The Hall–Kier alpha value is -2.18. The van der Waals surface area contributed by atoms with Gasteiger partial charge < -0.3 is 15.6 Å². The molecule has 106 valence electrons. The fourth-order valence-electron chi connectivity index (χ4n) is 2.42. The van der Waals surface area contributed by atoms with Crippen LogP contribution in [0.2, 0.25) is 0 Å². The monoisotopic (exact) mass is 279 g/mol. The summed E-state index contributed by atoms with van der Waals surface area (Å²) >= 11 is 0. The zero-order valence-electron chi connectivity index (χ0n) is 10.8. The molecule has 2 aromatic rings. The van der Waals surface area contributed by atoms with E-state index in [1.807, 2.05) is 11.0 Å². The molecule has 0 radical (unpaired) electrons. The van der Waals surface area contributed by atoms with E-state index >= 15 is 0 Å². The fraction of sp³-hybridized carbons (Fsp3) is 0.385. The van der Waals surface area contributed by atoms with Crippen LogP contribution in [0.15, 0.2) is 24.5 Å². The van der Waals surface area contributed by atoms with E-state index in [9.17, 15) is 8.78 Å². The Labute approximate surface area is 114 Å². The normalized spacial score (nSPS) is 18.2. The number of halogens is 2. The lowest BCUT2D eigenvalue weighted by Crippen LogP contribution is -2.39. The van der Waals surface area contributed by atoms with Crippen molar-refractivity contribution in [3.63, 3.8) is 0 Å². The second-order valence-corrected chi connectivity index (χ2v) is 4.96. The highest BCUT2D eigenvalue weighted by atomic mass is 19.3. The maximum absolute atomic E-state index is 13.3. The van der Waals surface area contributed by atoms with Gasteiger partial charge in [-0.3, -0.25) is 0 Å². The van der Waals surface area contributed by atoms with Crippen molar-refractivity contribution in [3.05, 3.63) is 24.5 Å². The maximum atomic E-state index is 13.3. The number of nitrogen functional groups attached to an aromatic ring is 1. The lowest BCUT2D eigenvalue weighted by atomic mass is 10.0. The molecule has 20 heavy (non-hydrogen) atoms. The molecule has 0 saturated carbocycles. The minimum atomic E-state index is -2.57. The van der Waals surface area contributed by atoms with Gasteiger partial charge >= 0.3 is 0 Å². The Morgan fingerprint density at radius 3 is 2.65 bits per heavy atom. The molecule has 1 aromatic carbocycles. The van der Waals surface area contributed by atoms with Crippen LogP contribution in [0.25, 0.3) is 11.4 Å². The van der Waals surface area contributed by atoms with Gasteiger partial charge in [0, 0.05) is 42.9 Å². The van der Waals surface area contributed by atoms with Gasteiger partial charge in [0.15, 0.2) is 5.82 Å². The van der Waals surface area contributed by atoms with Crippen molar-refractivity contribution < 1.29 is 8.78 Å². The number of nitrogens with zero attached hydrogens (tertiary/aromatic N) is 3. The molecule has 7 heteroatoms. The Kier molecular flexibility index (Phi) is 3.04. The molecule has 0 spiro atoms. The standard InChI is InChI=1S/C13H15F2N5/c14-13(15)3-5-20(6-4-13)11-7-9(16)1-2-10(11)12-17-8-18-19-12/h1-2,7-8H,3-6,16H2,(H,17,18,19). The number of nitrogens with one attached hydrogen (secondary N) is 1. The molecular formula is C13H15F2N5. The Morgan fingerprint density at radius 2 is 2.00 bits per heavy atom. The Bertz CT molecular complexity index is 587. The number of aromatic nitrogens is 3. The van der Waals surface area contributed by atoms with Gasteiger partial charge in [-0.05, 0) is 18.2 Å². The molecule has 3 rings (SSSR count). The molecule has 1 aliphatic rings. The van der Waals surface area contributed by atoms with Gasteiger partial charge in [-0.2, -0.15) is 0 Å². The minimum Gasteiger partial charge on any atom is -0.399 e. The smallest absolute Gasteiger partial charge is 0.251 e. The molecular weight excluding hydrogens is 264 g/mol. The molecule has 0 unspecified atom stereocenters. The number of nitrogens with two attached hydrogens (primary N) is 1. The number of piperidine rings is 1. The molecule has 3 N–H and O–H groups in total. The Morgan fingerprint density at radius 1 is 1.25 bits per heavy atom. The van der Waals surface area contributed by atoms with E-state index in [0.717, 1.165) is 11.3 Å². The van der Waals surface area contributed by atoms with Crippen molar-refractivity contribution in [3.8, 4) is 11.4 Å². The average Bonchev–Trinajstić information content (AvgIpc) is 2.92. The highest BCUT2D eigenvalue weighted by Gasteiger charge is 2.34. The summed E-state index contributed by atoms with van der Waals surface area (Å²) < 4.78 is 26.5. The van der Waals surface area contributed by atoms with Gasteiger partial charge in [0.2, 0.25) is 0 Å². The molecule has 0 atom stereocenters. The second kappa shape index (κ2) is 4.73. The largest absolute Gasteiger partial charge is 0.399 e.